The molecule has 4 nitrogen and oxygen atoms in total. The summed E-state index contributed by atoms with van der Waals surface area (Å²) in [6.07, 6.45) is 2.52. The maximum absolute atomic E-state index is 11.7. The van der Waals surface area contributed by atoms with Gasteiger partial charge in [0.05, 0.1) is 5.69 Å². The van der Waals surface area contributed by atoms with Gasteiger partial charge in [-0.3, -0.25) is 9.59 Å². The minimum atomic E-state index is -0.340. The lowest BCUT2D eigenvalue weighted by molar-refractivity contribution is -0.119. The summed E-state index contributed by atoms with van der Waals surface area (Å²) in [7, 11) is 0. The number of imide groups is 1. The molecular weight excluding hydrogens is 266 g/mol. The predicted molar refractivity (Wildman–Crippen MR) is 79.3 cm³/mol. The van der Waals surface area contributed by atoms with E-state index in [-0.39, 0.29) is 11.8 Å². The number of hydrogen-bond acceptors (Lipinski definition) is 3. The Kier molecular flexibility index (Phi) is 3.28. The summed E-state index contributed by atoms with van der Waals surface area (Å²) in [6.45, 7) is 2.00. The van der Waals surface area contributed by atoms with Gasteiger partial charge in [-0.25, -0.2) is 4.90 Å². The zero-order valence-electron chi connectivity index (χ0n) is 11.4. The number of anilines is 1. The maximum Gasteiger partial charge on any atom is 0.258 e. The van der Waals surface area contributed by atoms with E-state index in [1.165, 1.54) is 12.2 Å². The van der Waals surface area contributed by atoms with Gasteiger partial charge in [-0.1, -0.05) is 23.8 Å². The molecule has 3 rings (SSSR count). The van der Waals surface area contributed by atoms with Crippen LogP contribution in [0.15, 0.2) is 60.7 Å². The molecule has 21 heavy (non-hydrogen) atoms. The first-order chi connectivity index (χ1) is 10.1. The average molecular weight is 279 g/mol. The SMILES string of the molecule is Cc1ccc(Oc2cccc(N3C(=O)C=CC3=O)c2)cc1. The van der Waals surface area contributed by atoms with E-state index in [0.29, 0.717) is 17.2 Å². The number of ether oxygens (including phenoxy) is 1. The van der Waals surface area contributed by atoms with Gasteiger partial charge >= 0.3 is 0 Å². The maximum atomic E-state index is 11.7. The van der Waals surface area contributed by atoms with E-state index in [0.717, 1.165) is 10.5 Å². The fourth-order valence-electron chi connectivity index (χ4n) is 2.08. The zero-order valence-corrected chi connectivity index (χ0v) is 11.4. The van der Waals surface area contributed by atoms with Crippen molar-refractivity contribution in [1.29, 1.82) is 0 Å². The third kappa shape index (κ3) is 2.69. The molecule has 0 unspecified atom stereocenters. The zero-order chi connectivity index (χ0) is 14.8. The van der Waals surface area contributed by atoms with Gasteiger partial charge in [-0.15, -0.1) is 0 Å². The summed E-state index contributed by atoms with van der Waals surface area (Å²) < 4.78 is 5.73. The van der Waals surface area contributed by atoms with Crippen molar-refractivity contribution in [3.63, 3.8) is 0 Å². The van der Waals surface area contributed by atoms with Crippen LogP contribution in [0.1, 0.15) is 5.56 Å². The third-order valence-electron chi connectivity index (χ3n) is 3.14. The number of benzene rings is 2. The second kappa shape index (κ2) is 5.25. The Morgan fingerprint density at radius 3 is 2.19 bits per heavy atom. The van der Waals surface area contributed by atoms with Crippen LogP contribution in [-0.2, 0) is 9.59 Å². The molecule has 104 valence electrons. The van der Waals surface area contributed by atoms with Crippen LogP contribution in [0.4, 0.5) is 5.69 Å². The summed E-state index contributed by atoms with van der Waals surface area (Å²) in [5, 5.41) is 0. The van der Waals surface area contributed by atoms with Crippen molar-refractivity contribution < 1.29 is 14.3 Å². The van der Waals surface area contributed by atoms with E-state index in [2.05, 4.69) is 0 Å². The highest BCUT2D eigenvalue weighted by atomic mass is 16.5. The quantitative estimate of drug-likeness (QED) is 0.810. The monoisotopic (exact) mass is 279 g/mol. The smallest absolute Gasteiger partial charge is 0.258 e. The standard InChI is InChI=1S/C17H13NO3/c1-12-5-7-14(8-6-12)21-15-4-2-3-13(11-15)18-16(19)9-10-17(18)20/h2-11H,1H3. The van der Waals surface area contributed by atoms with Gasteiger partial charge in [0.15, 0.2) is 0 Å². The normalized spacial score (nSPS) is 13.9. The van der Waals surface area contributed by atoms with Gasteiger partial charge in [0.2, 0.25) is 0 Å². The largest absolute Gasteiger partial charge is 0.457 e. The molecular formula is C17H13NO3. The van der Waals surface area contributed by atoms with Crippen LogP contribution in [0.5, 0.6) is 11.5 Å². The van der Waals surface area contributed by atoms with Gasteiger partial charge in [0.25, 0.3) is 11.8 Å². The second-order valence-corrected chi connectivity index (χ2v) is 4.76. The van der Waals surface area contributed by atoms with Crippen molar-refractivity contribution in [1.82, 2.24) is 0 Å². The first-order valence-corrected chi connectivity index (χ1v) is 6.54. The molecule has 1 aliphatic rings. The van der Waals surface area contributed by atoms with Gasteiger partial charge in [0, 0.05) is 18.2 Å². The Hall–Kier alpha value is -2.88. The molecule has 0 radical (unpaired) electrons. The molecule has 0 N–H and O–H groups in total. The molecule has 4 heteroatoms. The minimum absolute atomic E-state index is 0.340. The highest BCUT2D eigenvalue weighted by molar-refractivity contribution is 6.28. The number of rotatable bonds is 3. The van der Waals surface area contributed by atoms with Crippen LogP contribution in [0.3, 0.4) is 0 Å². The summed E-state index contributed by atoms with van der Waals surface area (Å²) in [6, 6.07) is 14.5. The number of amides is 2. The van der Waals surface area contributed by atoms with Crippen LogP contribution < -0.4 is 9.64 Å². The number of aryl methyl sites for hydroxylation is 1. The van der Waals surface area contributed by atoms with E-state index in [1.807, 2.05) is 31.2 Å². The molecule has 1 heterocycles. The topological polar surface area (TPSA) is 46.6 Å². The van der Waals surface area contributed by atoms with Crippen LogP contribution in [0.25, 0.3) is 0 Å². The van der Waals surface area contributed by atoms with Gasteiger partial charge in [-0.05, 0) is 31.2 Å². The van der Waals surface area contributed by atoms with Crippen molar-refractivity contribution >= 4 is 17.5 Å². The number of carbonyl (C=O) groups is 2. The van der Waals surface area contributed by atoms with Crippen LogP contribution >= 0.6 is 0 Å². The highest BCUT2D eigenvalue weighted by Gasteiger charge is 2.25. The van der Waals surface area contributed by atoms with E-state index >= 15 is 0 Å². The molecule has 0 aromatic heterocycles. The van der Waals surface area contributed by atoms with Gasteiger partial charge < -0.3 is 4.74 Å². The van der Waals surface area contributed by atoms with Crippen molar-refractivity contribution in [2.24, 2.45) is 0 Å². The molecule has 2 amide bonds. The minimum Gasteiger partial charge on any atom is -0.457 e. The average Bonchev–Trinajstić information content (AvgIpc) is 2.81. The molecule has 0 bridgehead atoms. The van der Waals surface area contributed by atoms with Crippen molar-refractivity contribution in [3.05, 3.63) is 66.2 Å². The van der Waals surface area contributed by atoms with Crippen molar-refractivity contribution in [2.75, 3.05) is 4.90 Å². The summed E-state index contributed by atoms with van der Waals surface area (Å²) in [5.41, 5.74) is 1.65. The summed E-state index contributed by atoms with van der Waals surface area (Å²) >= 11 is 0. The molecule has 0 saturated heterocycles. The predicted octanol–water partition coefficient (Wildman–Crippen LogP) is 3.22. The molecule has 0 fully saturated rings. The number of carbonyl (C=O) groups excluding carboxylic acids is 2. The summed E-state index contributed by atoms with van der Waals surface area (Å²) in [5.74, 6) is 0.596. The molecule has 2 aromatic carbocycles. The fourth-order valence-corrected chi connectivity index (χ4v) is 2.08. The third-order valence-corrected chi connectivity index (χ3v) is 3.14. The Morgan fingerprint density at radius 2 is 1.52 bits per heavy atom. The Balaban J connectivity index is 1.85. The van der Waals surface area contributed by atoms with Gasteiger partial charge in [0.1, 0.15) is 11.5 Å². The lowest BCUT2D eigenvalue weighted by atomic mass is 10.2. The van der Waals surface area contributed by atoms with Crippen molar-refractivity contribution in [3.8, 4) is 11.5 Å². The number of hydrogen-bond donors (Lipinski definition) is 0. The molecule has 0 atom stereocenters. The van der Waals surface area contributed by atoms with E-state index in [9.17, 15) is 9.59 Å². The fraction of sp³-hybridized carbons (Fsp3) is 0.0588. The highest BCUT2D eigenvalue weighted by Crippen LogP contribution is 2.27. The first kappa shape index (κ1) is 13.1. The van der Waals surface area contributed by atoms with Crippen LogP contribution in [-0.4, -0.2) is 11.8 Å². The van der Waals surface area contributed by atoms with Crippen LogP contribution in [0, 0.1) is 6.92 Å². The molecule has 0 aliphatic carbocycles. The first-order valence-electron chi connectivity index (χ1n) is 6.54. The van der Waals surface area contributed by atoms with E-state index < -0.39 is 0 Å². The van der Waals surface area contributed by atoms with Crippen LogP contribution in [0.2, 0.25) is 0 Å². The van der Waals surface area contributed by atoms with E-state index in [4.69, 9.17) is 4.74 Å². The Bertz CT molecular complexity index is 714. The molecule has 0 saturated carbocycles. The lowest BCUT2D eigenvalue weighted by Gasteiger charge is -2.15. The van der Waals surface area contributed by atoms with E-state index in [1.54, 1.807) is 24.3 Å². The molecule has 1 aliphatic heterocycles. The second-order valence-electron chi connectivity index (χ2n) is 4.76. The molecule has 0 spiro atoms. The number of nitrogens with zero attached hydrogens (tertiary/aromatic N) is 1. The Labute approximate surface area is 122 Å². The molecule has 2 aromatic rings. The Morgan fingerprint density at radius 1 is 0.857 bits per heavy atom. The summed E-state index contributed by atoms with van der Waals surface area (Å²) in [4.78, 5) is 24.5. The van der Waals surface area contributed by atoms with Crippen molar-refractivity contribution in [2.45, 2.75) is 6.92 Å². The lowest BCUT2D eigenvalue weighted by Crippen LogP contribution is -2.29. The van der Waals surface area contributed by atoms with Gasteiger partial charge in [-0.2, -0.15) is 0 Å².